The van der Waals surface area contributed by atoms with Gasteiger partial charge in [0.2, 0.25) is 0 Å². The molecule has 4 aliphatic rings. The van der Waals surface area contributed by atoms with Crippen molar-refractivity contribution in [1.29, 1.82) is 0 Å². The van der Waals surface area contributed by atoms with Gasteiger partial charge in [-0.2, -0.15) is 0 Å². The molecular formula is C8H12N2. The van der Waals surface area contributed by atoms with Gasteiger partial charge in [0.05, 0.1) is 6.04 Å². The lowest BCUT2D eigenvalue weighted by Gasteiger charge is -2.35. The fourth-order valence-electron chi connectivity index (χ4n) is 2.69. The van der Waals surface area contributed by atoms with E-state index in [2.05, 4.69) is 16.5 Å². The fourth-order valence-corrected chi connectivity index (χ4v) is 2.69. The first-order chi connectivity index (χ1) is 4.93. The average molecular weight is 136 g/mol. The Balaban J connectivity index is 2.05. The van der Waals surface area contributed by atoms with Crippen LogP contribution < -0.4 is 5.32 Å². The second-order valence-electron chi connectivity index (χ2n) is 3.78. The van der Waals surface area contributed by atoms with E-state index in [1.165, 1.54) is 19.4 Å². The summed E-state index contributed by atoms with van der Waals surface area (Å²) in [7, 11) is 0. The smallest absolute Gasteiger partial charge is 0.0514 e. The standard InChI is InChI=1S/C8H12N2/c1-5-3-10-8-2-6(1)9-4-7(5)8/h4-8,10H,1-3H2. The van der Waals surface area contributed by atoms with Crippen LogP contribution in [0.2, 0.25) is 0 Å². The summed E-state index contributed by atoms with van der Waals surface area (Å²) in [6, 6.07) is 1.47. The van der Waals surface area contributed by atoms with Crippen LogP contribution >= 0.6 is 0 Å². The predicted molar refractivity (Wildman–Crippen MR) is 40.3 cm³/mol. The first kappa shape index (κ1) is 5.30. The van der Waals surface area contributed by atoms with E-state index in [0.29, 0.717) is 6.04 Å². The third-order valence-electron chi connectivity index (χ3n) is 3.22. The van der Waals surface area contributed by atoms with Crippen molar-refractivity contribution in [3.05, 3.63) is 0 Å². The van der Waals surface area contributed by atoms with Gasteiger partial charge in [0.1, 0.15) is 0 Å². The highest BCUT2D eigenvalue weighted by atomic mass is 15.0. The predicted octanol–water partition coefficient (Wildman–Crippen LogP) is 0.437. The van der Waals surface area contributed by atoms with Crippen molar-refractivity contribution >= 4 is 6.21 Å². The molecule has 1 aliphatic carbocycles. The van der Waals surface area contributed by atoms with Gasteiger partial charge in [-0.15, -0.1) is 0 Å². The van der Waals surface area contributed by atoms with Crippen LogP contribution in [0.25, 0.3) is 0 Å². The van der Waals surface area contributed by atoms with Crippen LogP contribution in [0.1, 0.15) is 12.8 Å². The zero-order chi connectivity index (χ0) is 6.55. The molecule has 54 valence electrons. The Labute approximate surface area is 60.7 Å². The van der Waals surface area contributed by atoms with Crippen molar-refractivity contribution < 1.29 is 0 Å². The molecule has 0 aromatic heterocycles. The highest BCUT2D eigenvalue weighted by Gasteiger charge is 2.44. The SMILES string of the molecule is C1=NC2CC3CNC(C2)C13. The minimum Gasteiger partial charge on any atom is -0.313 e. The molecule has 4 unspecified atom stereocenters. The van der Waals surface area contributed by atoms with Crippen molar-refractivity contribution in [2.24, 2.45) is 16.8 Å². The Hall–Kier alpha value is -0.370. The number of hydrogen-bond acceptors (Lipinski definition) is 2. The van der Waals surface area contributed by atoms with Gasteiger partial charge in [-0.25, -0.2) is 0 Å². The van der Waals surface area contributed by atoms with E-state index in [9.17, 15) is 0 Å². The molecule has 1 saturated carbocycles. The van der Waals surface area contributed by atoms with E-state index in [1.54, 1.807) is 0 Å². The maximum Gasteiger partial charge on any atom is 0.0514 e. The van der Waals surface area contributed by atoms with Crippen LogP contribution in [0, 0.1) is 11.8 Å². The normalized spacial score (nSPS) is 56.0. The van der Waals surface area contributed by atoms with E-state index in [4.69, 9.17) is 0 Å². The molecule has 0 spiro atoms. The Bertz CT molecular complexity index is 174. The van der Waals surface area contributed by atoms with Crippen molar-refractivity contribution in [3.8, 4) is 0 Å². The van der Waals surface area contributed by atoms with Gasteiger partial charge in [0.25, 0.3) is 0 Å². The molecule has 0 aromatic rings. The molecule has 2 fully saturated rings. The first-order valence-corrected chi connectivity index (χ1v) is 4.20. The van der Waals surface area contributed by atoms with E-state index >= 15 is 0 Å². The summed E-state index contributed by atoms with van der Waals surface area (Å²) in [6.45, 7) is 1.25. The molecular weight excluding hydrogens is 124 g/mol. The van der Waals surface area contributed by atoms with Gasteiger partial charge in [-0.3, -0.25) is 4.99 Å². The zero-order valence-corrected chi connectivity index (χ0v) is 5.96. The number of nitrogens with zero attached hydrogens (tertiary/aromatic N) is 1. The molecule has 1 saturated heterocycles. The molecule has 1 N–H and O–H groups in total. The maximum absolute atomic E-state index is 4.47. The topological polar surface area (TPSA) is 24.4 Å². The summed E-state index contributed by atoms with van der Waals surface area (Å²) in [5.74, 6) is 1.73. The molecule has 4 atom stereocenters. The Morgan fingerprint density at radius 3 is 3.10 bits per heavy atom. The van der Waals surface area contributed by atoms with E-state index in [0.717, 1.165) is 17.9 Å². The lowest BCUT2D eigenvalue weighted by Crippen LogP contribution is -2.40. The van der Waals surface area contributed by atoms with Gasteiger partial charge in [-0.05, 0) is 25.3 Å². The van der Waals surface area contributed by atoms with Gasteiger partial charge >= 0.3 is 0 Å². The summed E-state index contributed by atoms with van der Waals surface area (Å²) in [6.07, 6.45) is 4.86. The van der Waals surface area contributed by atoms with Gasteiger partial charge in [0, 0.05) is 18.2 Å². The van der Waals surface area contributed by atoms with Crippen LogP contribution in [0.5, 0.6) is 0 Å². The second-order valence-corrected chi connectivity index (χ2v) is 3.78. The van der Waals surface area contributed by atoms with Gasteiger partial charge in [0.15, 0.2) is 0 Å². The largest absolute Gasteiger partial charge is 0.313 e. The van der Waals surface area contributed by atoms with Gasteiger partial charge < -0.3 is 5.32 Å². The summed E-state index contributed by atoms with van der Waals surface area (Å²) >= 11 is 0. The van der Waals surface area contributed by atoms with E-state index in [1.807, 2.05) is 0 Å². The van der Waals surface area contributed by atoms with Crippen molar-refractivity contribution in [2.45, 2.75) is 24.9 Å². The number of rotatable bonds is 0. The fraction of sp³-hybridized carbons (Fsp3) is 0.875. The molecule has 3 heterocycles. The monoisotopic (exact) mass is 136 g/mol. The van der Waals surface area contributed by atoms with Crippen LogP contribution in [-0.2, 0) is 0 Å². The van der Waals surface area contributed by atoms with Gasteiger partial charge in [-0.1, -0.05) is 0 Å². The Kier molecular flexibility index (Phi) is 0.857. The first-order valence-electron chi connectivity index (χ1n) is 4.20. The summed E-state index contributed by atoms with van der Waals surface area (Å²) < 4.78 is 0. The number of hydrogen-bond donors (Lipinski definition) is 1. The molecule has 0 aromatic carbocycles. The lowest BCUT2D eigenvalue weighted by molar-refractivity contribution is 0.295. The van der Waals surface area contributed by atoms with Crippen molar-refractivity contribution in [2.75, 3.05) is 6.54 Å². The molecule has 0 amide bonds. The Morgan fingerprint density at radius 2 is 2.40 bits per heavy atom. The van der Waals surface area contributed by atoms with Crippen LogP contribution in [0.4, 0.5) is 0 Å². The molecule has 10 heavy (non-hydrogen) atoms. The average Bonchev–Trinajstić information content (AvgIpc) is 2.29. The summed E-state index contributed by atoms with van der Waals surface area (Å²) in [4.78, 5) is 4.47. The van der Waals surface area contributed by atoms with Crippen LogP contribution in [-0.4, -0.2) is 24.8 Å². The minimum absolute atomic E-state index is 0.676. The molecule has 4 rings (SSSR count). The quantitative estimate of drug-likeness (QED) is 0.513. The Morgan fingerprint density at radius 1 is 1.40 bits per heavy atom. The number of aliphatic imine (C=N–C) groups is 1. The van der Waals surface area contributed by atoms with Crippen LogP contribution in [0.15, 0.2) is 4.99 Å². The van der Waals surface area contributed by atoms with Crippen molar-refractivity contribution in [1.82, 2.24) is 5.32 Å². The molecule has 2 nitrogen and oxygen atoms in total. The van der Waals surface area contributed by atoms with E-state index in [-0.39, 0.29) is 0 Å². The summed E-state index contributed by atoms with van der Waals surface area (Å²) in [5.41, 5.74) is 0. The maximum atomic E-state index is 4.47. The number of nitrogens with one attached hydrogen (secondary N) is 1. The van der Waals surface area contributed by atoms with E-state index < -0.39 is 0 Å². The third kappa shape index (κ3) is 0.511. The second kappa shape index (κ2) is 1.62. The molecule has 2 heteroatoms. The zero-order valence-electron chi connectivity index (χ0n) is 5.96. The summed E-state index contributed by atoms with van der Waals surface area (Å²) in [5, 5.41) is 3.56. The van der Waals surface area contributed by atoms with Crippen molar-refractivity contribution in [3.63, 3.8) is 0 Å². The van der Waals surface area contributed by atoms with Crippen LogP contribution in [0.3, 0.4) is 0 Å². The highest BCUT2D eigenvalue weighted by molar-refractivity contribution is 5.65. The minimum atomic E-state index is 0.676. The third-order valence-corrected chi connectivity index (χ3v) is 3.22. The molecule has 0 radical (unpaired) electrons. The lowest BCUT2D eigenvalue weighted by atomic mass is 9.76. The highest BCUT2D eigenvalue weighted by Crippen LogP contribution is 2.38. The molecule has 3 aliphatic heterocycles. The molecule has 4 bridgehead atoms.